The van der Waals surface area contributed by atoms with Gasteiger partial charge < -0.3 is 14.8 Å². The maximum Gasteiger partial charge on any atom is 0.263 e. The van der Waals surface area contributed by atoms with Gasteiger partial charge in [-0.1, -0.05) is 0 Å². The minimum atomic E-state index is -0.976. The van der Waals surface area contributed by atoms with Crippen molar-refractivity contribution in [1.29, 1.82) is 0 Å². The van der Waals surface area contributed by atoms with Crippen LogP contribution in [0.15, 0.2) is 36.7 Å². The third kappa shape index (κ3) is 2.55. The van der Waals surface area contributed by atoms with E-state index < -0.39 is 23.8 Å². The lowest BCUT2D eigenvalue weighted by Crippen LogP contribution is -2.45. The van der Waals surface area contributed by atoms with Gasteiger partial charge in [-0.05, 0) is 25.1 Å². The number of aromatic nitrogens is 1. The quantitative estimate of drug-likeness (QED) is 0.840. The average Bonchev–Trinajstić information content (AvgIpc) is 2.92. The van der Waals surface area contributed by atoms with Crippen LogP contribution in [0.25, 0.3) is 0 Å². The lowest BCUT2D eigenvalue weighted by molar-refractivity contribution is -0.119. The van der Waals surface area contributed by atoms with E-state index in [4.69, 9.17) is 9.47 Å². The summed E-state index contributed by atoms with van der Waals surface area (Å²) in [6, 6.07) is 5.51. The Kier molecular flexibility index (Phi) is 3.80. The van der Waals surface area contributed by atoms with Gasteiger partial charge in [0.1, 0.15) is 19.3 Å². The van der Waals surface area contributed by atoms with E-state index in [1.165, 1.54) is 25.4 Å². The molecule has 1 atom stereocenters. The van der Waals surface area contributed by atoms with E-state index >= 15 is 0 Å². The number of benzene rings is 1. The third-order valence-corrected chi connectivity index (χ3v) is 4.30. The van der Waals surface area contributed by atoms with Crippen molar-refractivity contribution in [2.75, 3.05) is 18.5 Å². The second kappa shape index (κ2) is 6.14. The molecule has 2 aliphatic heterocycles. The van der Waals surface area contributed by atoms with E-state index in [-0.39, 0.29) is 11.1 Å². The molecule has 3 amide bonds. The van der Waals surface area contributed by atoms with Crippen LogP contribution in [-0.2, 0) is 4.79 Å². The van der Waals surface area contributed by atoms with Crippen LogP contribution in [0.3, 0.4) is 0 Å². The number of amides is 3. The molecular formula is C18H15N3O5. The SMILES string of the molecule is C[C@@H](C(=O)Nc1ccc2c(c1)OCCO2)N1C(=O)c2ccncc2C1=O. The zero-order chi connectivity index (χ0) is 18.3. The molecule has 3 heterocycles. The molecule has 1 aromatic heterocycles. The smallest absolute Gasteiger partial charge is 0.263 e. The zero-order valence-corrected chi connectivity index (χ0v) is 13.9. The first-order valence-corrected chi connectivity index (χ1v) is 8.08. The molecule has 2 aliphatic rings. The number of hydrogen-bond donors (Lipinski definition) is 1. The van der Waals surface area contributed by atoms with E-state index in [2.05, 4.69) is 10.3 Å². The molecule has 8 nitrogen and oxygen atoms in total. The van der Waals surface area contributed by atoms with Crippen LogP contribution in [-0.4, -0.2) is 46.9 Å². The van der Waals surface area contributed by atoms with E-state index in [1.54, 1.807) is 18.2 Å². The highest BCUT2D eigenvalue weighted by molar-refractivity contribution is 6.23. The summed E-state index contributed by atoms with van der Waals surface area (Å²) >= 11 is 0. The topological polar surface area (TPSA) is 97.8 Å². The first-order chi connectivity index (χ1) is 12.6. The number of imide groups is 1. The highest BCUT2D eigenvalue weighted by atomic mass is 16.6. The Morgan fingerprint density at radius 3 is 2.62 bits per heavy atom. The van der Waals surface area contributed by atoms with Crippen LogP contribution < -0.4 is 14.8 Å². The molecule has 4 rings (SSSR count). The molecule has 0 aliphatic carbocycles. The van der Waals surface area contributed by atoms with Gasteiger partial charge in [-0.3, -0.25) is 24.3 Å². The molecular weight excluding hydrogens is 338 g/mol. The average molecular weight is 353 g/mol. The van der Waals surface area contributed by atoms with Crippen molar-refractivity contribution in [1.82, 2.24) is 9.88 Å². The number of fused-ring (bicyclic) bond motifs is 2. The molecule has 0 saturated carbocycles. The fourth-order valence-corrected chi connectivity index (χ4v) is 2.94. The Bertz CT molecular complexity index is 892. The van der Waals surface area contributed by atoms with Crippen molar-refractivity contribution >= 4 is 23.4 Å². The number of nitrogens with one attached hydrogen (secondary N) is 1. The number of anilines is 1. The summed E-state index contributed by atoms with van der Waals surface area (Å²) in [5.41, 5.74) is 0.949. The van der Waals surface area contributed by atoms with Crippen LogP contribution in [0, 0.1) is 0 Å². The van der Waals surface area contributed by atoms with Crippen LogP contribution in [0.1, 0.15) is 27.6 Å². The molecule has 0 bridgehead atoms. The Morgan fingerprint density at radius 2 is 1.85 bits per heavy atom. The van der Waals surface area contributed by atoms with Crippen molar-refractivity contribution in [3.05, 3.63) is 47.8 Å². The molecule has 0 unspecified atom stereocenters. The number of ether oxygens (including phenoxy) is 2. The number of pyridine rings is 1. The number of carbonyl (C=O) groups is 3. The Morgan fingerprint density at radius 1 is 1.12 bits per heavy atom. The van der Waals surface area contributed by atoms with Gasteiger partial charge in [-0.15, -0.1) is 0 Å². The molecule has 0 spiro atoms. The summed E-state index contributed by atoms with van der Waals surface area (Å²) in [4.78, 5) is 42.3. The van der Waals surface area contributed by atoms with Crippen LogP contribution >= 0.6 is 0 Å². The van der Waals surface area contributed by atoms with Gasteiger partial charge in [-0.2, -0.15) is 0 Å². The van der Waals surface area contributed by atoms with Gasteiger partial charge in [-0.25, -0.2) is 0 Å². The molecule has 2 aromatic rings. The number of carbonyl (C=O) groups excluding carboxylic acids is 3. The molecule has 1 aromatic carbocycles. The molecule has 0 radical (unpaired) electrons. The summed E-state index contributed by atoms with van der Waals surface area (Å²) in [6.07, 6.45) is 2.77. The lowest BCUT2D eigenvalue weighted by atomic mass is 10.2. The van der Waals surface area contributed by atoms with Gasteiger partial charge in [0.25, 0.3) is 11.8 Å². The normalized spacial score (nSPS) is 16.3. The van der Waals surface area contributed by atoms with Gasteiger partial charge in [0.15, 0.2) is 11.5 Å². The van der Waals surface area contributed by atoms with Gasteiger partial charge in [0, 0.05) is 24.1 Å². The molecule has 1 N–H and O–H groups in total. The van der Waals surface area contributed by atoms with E-state index in [1.807, 2.05) is 0 Å². The largest absolute Gasteiger partial charge is 0.486 e. The summed E-state index contributed by atoms with van der Waals surface area (Å²) in [5.74, 6) is -0.368. The summed E-state index contributed by atoms with van der Waals surface area (Å²) in [6.45, 7) is 2.41. The van der Waals surface area contributed by atoms with Gasteiger partial charge in [0.05, 0.1) is 11.1 Å². The number of hydrogen-bond acceptors (Lipinski definition) is 6. The third-order valence-electron chi connectivity index (χ3n) is 4.30. The van der Waals surface area contributed by atoms with Crippen LogP contribution in [0.5, 0.6) is 11.5 Å². The van der Waals surface area contributed by atoms with Crippen molar-refractivity contribution in [2.45, 2.75) is 13.0 Å². The molecule has 0 saturated heterocycles. The molecule has 8 heteroatoms. The predicted molar refractivity (Wildman–Crippen MR) is 90.3 cm³/mol. The number of rotatable bonds is 3. The monoisotopic (exact) mass is 353 g/mol. The minimum Gasteiger partial charge on any atom is -0.486 e. The van der Waals surface area contributed by atoms with E-state index in [0.29, 0.717) is 30.4 Å². The van der Waals surface area contributed by atoms with Crippen molar-refractivity contribution in [3.8, 4) is 11.5 Å². The predicted octanol–water partition coefficient (Wildman–Crippen LogP) is 1.48. The fraction of sp³-hybridized carbons (Fsp3) is 0.222. The van der Waals surface area contributed by atoms with Crippen LogP contribution in [0.2, 0.25) is 0 Å². The van der Waals surface area contributed by atoms with Crippen molar-refractivity contribution in [3.63, 3.8) is 0 Å². The maximum absolute atomic E-state index is 12.6. The van der Waals surface area contributed by atoms with Crippen molar-refractivity contribution < 1.29 is 23.9 Å². The fourth-order valence-electron chi connectivity index (χ4n) is 2.94. The highest BCUT2D eigenvalue weighted by Crippen LogP contribution is 2.33. The second-order valence-electron chi connectivity index (χ2n) is 5.93. The highest BCUT2D eigenvalue weighted by Gasteiger charge is 2.41. The minimum absolute atomic E-state index is 0.205. The molecule has 0 fully saturated rings. The van der Waals surface area contributed by atoms with Crippen molar-refractivity contribution in [2.24, 2.45) is 0 Å². The lowest BCUT2D eigenvalue weighted by Gasteiger charge is -2.22. The Labute approximate surface area is 148 Å². The first kappa shape index (κ1) is 16.1. The molecule has 132 valence electrons. The first-order valence-electron chi connectivity index (χ1n) is 8.08. The van der Waals surface area contributed by atoms with Gasteiger partial charge in [0.2, 0.25) is 5.91 Å². The standard InChI is InChI=1S/C18H15N3O5/c1-10(21-17(23)12-4-5-19-9-13(12)18(21)24)16(22)20-11-2-3-14-15(8-11)26-7-6-25-14/h2-5,8-10H,6-7H2,1H3,(H,20,22)/t10-/m0/s1. The van der Waals surface area contributed by atoms with E-state index in [9.17, 15) is 14.4 Å². The summed E-state index contributed by atoms with van der Waals surface area (Å²) < 4.78 is 10.9. The summed E-state index contributed by atoms with van der Waals surface area (Å²) in [5, 5.41) is 2.70. The molecule has 26 heavy (non-hydrogen) atoms. The Hall–Kier alpha value is -3.42. The second-order valence-corrected chi connectivity index (χ2v) is 5.93. The number of nitrogens with zero attached hydrogens (tertiary/aromatic N) is 2. The summed E-state index contributed by atoms with van der Waals surface area (Å²) in [7, 11) is 0. The van der Waals surface area contributed by atoms with Gasteiger partial charge >= 0.3 is 0 Å². The Balaban J connectivity index is 1.52. The van der Waals surface area contributed by atoms with Crippen LogP contribution in [0.4, 0.5) is 5.69 Å². The maximum atomic E-state index is 12.6. The van der Waals surface area contributed by atoms with E-state index in [0.717, 1.165) is 4.90 Å². The zero-order valence-electron chi connectivity index (χ0n) is 13.9.